The van der Waals surface area contributed by atoms with Crippen molar-refractivity contribution in [1.82, 2.24) is 30.1 Å². The molecule has 3 heterocycles. The molecule has 9 nitrogen and oxygen atoms in total. The molecule has 2 aromatic heterocycles. The van der Waals surface area contributed by atoms with Crippen LogP contribution < -0.4 is 10.3 Å². The van der Waals surface area contributed by atoms with E-state index < -0.39 is 6.04 Å². The number of methoxy groups -OCH3 is 1. The summed E-state index contributed by atoms with van der Waals surface area (Å²) in [6, 6.07) is 17.4. The average molecular weight is 475 g/mol. The van der Waals surface area contributed by atoms with Crippen LogP contribution in [-0.4, -0.2) is 56.5 Å². The summed E-state index contributed by atoms with van der Waals surface area (Å²) < 4.78 is 13.0. The smallest absolute Gasteiger partial charge is 0.253 e. The molecule has 1 aliphatic rings. The number of nitrogens with zero attached hydrogens (tertiary/aromatic N) is 5. The lowest BCUT2D eigenvalue weighted by atomic mass is 10.0. The van der Waals surface area contributed by atoms with Crippen molar-refractivity contribution in [2.24, 2.45) is 0 Å². The first-order chi connectivity index (χ1) is 17.2. The Morgan fingerprint density at radius 3 is 2.83 bits per heavy atom. The number of tetrazole rings is 1. The van der Waals surface area contributed by atoms with E-state index in [1.54, 1.807) is 11.8 Å². The summed E-state index contributed by atoms with van der Waals surface area (Å²) in [5, 5.41) is 13.6. The molecule has 1 N–H and O–H groups in total. The van der Waals surface area contributed by atoms with Crippen molar-refractivity contribution < 1.29 is 9.47 Å². The molecular weight excluding hydrogens is 444 g/mol. The summed E-state index contributed by atoms with van der Waals surface area (Å²) in [5.41, 5.74) is 2.30. The van der Waals surface area contributed by atoms with E-state index in [1.165, 1.54) is 0 Å². The third kappa shape index (κ3) is 4.96. The summed E-state index contributed by atoms with van der Waals surface area (Å²) in [5.74, 6) is 1.33. The molecule has 1 fully saturated rings. The molecule has 1 saturated heterocycles. The number of aromatic nitrogens is 5. The van der Waals surface area contributed by atoms with E-state index in [0.717, 1.165) is 35.9 Å². The fourth-order valence-corrected chi connectivity index (χ4v) is 4.75. The van der Waals surface area contributed by atoms with Crippen LogP contribution in [0.15, 0.2) is 59.4 Å². The first kappa shape index (κ1) is 23.2. The number of pyridine rings is 1. The van der Waals surface area contributed by atoms with E-state index in [1.807, 2.05) is 42.5 Å². The highest BCUT2D eigenvalue weighted by Gasteiger charge is 2.31. The maximum atomic E-state index is 13.5. The van der Waals surface area contributed by atoms with Crippen molar-refractivity contribution in [3.05, 3.63) is 81.9 Å². The van der Waals surface area contributed by atoms with Gasteiger partial charge in [0.15, 0.2) is 5.82 Å². The predicted octanol–water partition coefficient (Wildman–Crippen LogP) is 3.31. The highest BCUT2D eigenvalue weighted by molar-refractivity contribution is 5.80. The number of aromatic amines is 1. The third-order valence-corrected chi connectivity index (χ3v) is 6.58. The van der Waals surface area contributed by atoms with Crippen LogP contribution in [0, 0.1) is 0 Å². The molecule has 0 spiro atoms. The number of H-pyrrole nitrogens is 1. The van der Waals surface area contributed by atoms with E-state index in [0.29, 0.717) is 36.8 Å². The van der Waals surface area contributed by atoms with Crippen LogP contribution in [0.4, 0.5) is 0 Å². The first-order valence-electron chi connectivity index (χ1n) is 12.0. The van der Waals surface area contributed by atoms with E-state index in [2.05, 4.69) is 44.5 Å². The highest BCUT2D eigenvalue weighted by Crippen LogP contribution is 2.29. The summed E-state index contributed by atoms with van der Waals surface area (Å²) in [4.78, 5) is 18.7. The van der Waals surface area contributed by atoms with Gasteiger partial charge in [-0.25, -0.2) is 4.68 Å². The van der Waals surface area contributed by atoms with Gasteiger partial charge in [-0.05, 0) is 59.0 Å². The van der Waals surface area contributed by atoms with Crippen molar-refractivity contribution in [2.45, 2.75) is 45.0 Å². The molecule has 182 valence electrons. The number of hydrogen-bond acceptors (Lipinski definition) is 7. The second-order valence-corrected chi connectivity index (χ2v) is 8.81. The molecule has 0 amide bonds. The van der Waals surface area contributed by atoms with Crippen LogP contribution >= 0.6 is 0 Å². The van der Waals surface area contributed by atoms with Gasteiger partial charge in [-0.3, -0.25) is 9.69 Å². The quantitative estimate of drug-likeness (QED) is 0.397. The molecule has 2 atom stereocenters. The Hall–Kier alpha value is -3.56. The second kappa shape index (κ2) is 10.4. The molecule has 4 aromatic rings. The van der Waals surface area contributed by atoms with Gasteiger partial charge in [0.05, 0.1) is 25.3 Å². The average Bonchev–Trinajstić information content (AvgIpc) is 3.57. The minimum absolute atomic E-state index is 0.0736. The van der Waals surface area contributed by atoms with Crippen LogP contribution in [-0.2, 0) is 17.8 Å². The molecule has 0 aliphatic carbocycles. The van der Waals surface area contributed by atoms with Gasteiger partial charge in [-0.15, -0.1) is 5.10 Å². The van der Waals surface area contributed by atoms with Gasteiger partial charge in [0.25, 0.3) is 5.56 Å². The maximum absolute atomic E-state index is 13.5. The molecule has 0 bridgehead atoms. The van der Waals surface area contributed by atoms with Crippen molar-refractivity contribution >= 4 is 10.9 Å². The Morgan fingerprint density at radius 2 is 2.09 bits per heavy atom. The summed E-state index contributed by atoms with van der Waals surface area (Å²) in [6.07, 6.45) is 2.09. The Balaban J connectivity index is 1.61. The largest absolute Gasteiger partial charge is 0.497 e. The number of ether oxygens (including phenoxy) is 2. The van der Waals surface area contributed by atoms with Crippen molar-refractivity contribution in [3.8, 4) is 5.75 Å². The number of hydrogen-bond donors (Lipinski definition) is 1. The summed E-state index contributed by atoms with van der Waals surface area (Å²) in [7, 11) is 1.61. The number of nitrogens with one attached hydrogen (secondary N) is 1. The summed E-state index contributed by atoms with van der Waals surface area (Å²) in [6.45, 7) is 4.75. The molecular formula is C26H30N6O3. The second-order valence-electron chi connectivity index (χ2n) is 8.81. The monoisotopic (exact) mass is 474 g/mol. The Kier molecular flexibility index (Phi) is 6.87. The zero-order valence-electron chi connectivity index (χ0n) is 20.1. The number of fused-ring (bicyclic) bond motifs is 1. The minimum Gasteiger partial charge on any atom is -0.497 e. The van der Waals surface area contributed by atoms with Gasteiger partial charge in [0.1, 0.15) is 11.8 Å². The Labute approximate surface area is 203 Å². The van der Waals surface area contributed by atoms with Gasteiger partial charge in [-0.1, -0.05) is 37.3 Å². The Bertz CT molecular complexity index is 1330. The van der Waals surface area contributed by atoms with Crippen LogP contribution in [0.25, 0.3) is 10.9 Å². The maximum Gasteiger partial charge on any atom is 0.253 e. The molecule has 0 saturated carbocycles. The minimum atomic E-state index is -0.438. The predicted molar refractivity (Wildman–Crippen MR) is 132 cm³/mol. The molecule has 9 heteroatoms. The lowest BCUT2D eigenvalue weighted by Crippen LogP contribution is -2.35. The van der Waals surface area contributed by atoms with E-state index in [-0.39, 0.29) is 11.7 Å². The van der Waals surface area contributed by atoms with Gasteiger partial charge >= 0.3 is 0 Å². The SMILES string of the molecule is CCN(Cc1ccccc1)C(c1cc2ccc(OC)cc2[nH]c1=O)c1nnnn1CC1CCCO1. The first-order valence-corrected chi connectivity index (χ1v) is 12.0. The van der Waals surface area contributed by atoms with Crippen molar-refractivity contribution in [2.75, 3.05) is 20.3 Å². The molecule has 0 radical (unpaired) electrons. The molecule has 5 rings (SSSR count). The van der Waals surface area contributed by atoms with Gasteiger partial charge in [-0.2, -0.15) is 0 Å². The molecule has 35 heavy (non-hydrogen) atoms. The van der Waals surface area contributed by atoms with Crippen LogP contribution in [0.1, 0.15) is 42.8 Å². The molecule has 2 unspecified atom stereocenters. The van der Waals surface area contributed by atoms with Crippen LogP contribution in [0.3, 0.4) is 0 Å². The zero-order chi connectivity index (χ0) is 24.2. The summed E-state index contributed by atoms with van der Waals surface area (Å²) >= 11 is 0. The fraction of sp³-hybridized carbons (Fsp3) is 0.385. The van der Waals surface area contributed by atoms with Crippen molar-refractivity contribution in [1.29, 1.82) is 0 Å². The standard InChI is InChI=1S/C26H30N6O3/c1-3-31(16-18-8-5-4-6-9-18)24(25-28-29-30-32(25)17-21-10-7-13-35-21)22-14-19-11-12-20(34-2)15-23(19)27-26(22)33/h4-6,8-9,11-12,14-15,21,24H,3,7,10,13,16-17H2,1-2H3,(H,27,33). The fourth-order valence-electron chi connectivity index (χ4n) is 4.75. The van der Waals surface area contributed by atoms with Crippen molar-refractivity contribution in [3.63, 3.8) is 0 Å². The number of benzene rings is 2. The normalized spacial score (nSPS) is 16.7. The lowest BCUT2D eigenvalue weighted by Gasteiger charge is -2.30. The van der Waals surface area contributed by atoms with Gasteiger partial charge < -0.3 is 14.5 Å². The van der Waals surface area contributed by atoms with Crippen LogP contribution in [0.2, 0.25) is 0 Å². The third-order valence-electron chi connectivity index (χ3n) is 6.58. The van der Waals surface area contributed by atoms with E-state index in [9.17, 15) is 4.79 Å². The Morgan fingerprint density at radius 1 is 1.23 bits per heavy atom. The van der Waals surface area contributed by atoms with E-state index in [4.69, 9.17) is 9.47 Å². The molecule has 1 aliphatic heterocycles. The van der Waals surface area contributed by atoms with Crippen LogP contribution in [0.5, 0.6) is 5.75 Å². The highest BCUT2D eigenvalue weighted by atomic mass is 16.5. The van der Waals surface area contributed by atoms with Gasteiger partial charge in [0.2, 0.25) is 0 Å². The van der Waals surface area contributed by atoms with Gasteiger partial charge in [0, 0.05) is 24.8 Å². The number of rotatable bonds is 9. The topological polar surface area (TPSA) is 98.2 Å². The zero-order valence-corrected chi connectivity index (χ0v) is 20.1. The lowest BCUT2D eigenvalue weighted by molar-refractivity contribution is 0.0907. The van der Waals surface area contributed by atoms with E-state index >= 15 is 0 Å². The molecule has 2 aromatic carbocycles.